The molecule has 0 unspecified atom stereocenters. The van der Waals surface area contributed by atoms with E-state index in [4.69, 9.17) is 23.2 Å². The summed E-state index contributed by atoms with van der Waals surface area (Å²) in [5, 5.41) is 11.9. The van der Waals surface area contributed by atoms with Crippen LogP contribution >= 0.6 is 23.2 Å². The van der Waals surface area contributed by atoms with E-state index < -0.39 is 4.92 Å². The molecule has 0 bridgehead atoms. The second-order valence-electron chi connectivity index (χ2n) is 6.74. The van der Waals surface area contributed by atoms with Gasteiger partial charge in [-0.3, -0.25) is 19.7 Å². The monoisotopic (exact) mass is 460 g/mol. The Morgan fingerprint density at radius 3 is 2.74 bits per heavy atom. The number of fused-ring (bicyclic) bond motifs is 1. The smallest absolute Gasteiger partial charge is 0.288 e. The quantitative estimate of drug-likeness (QED) is 0.315. The van der Waals surface area contributed by atoms with Gasteiger partial charge in [0.05, 0.1) is 22.4 Å². The molecule has 3 aromatic rings. The van der Waals surface area contributed by atoms with Crippen LogP contribution in [0.1, 0.15) is 24.7 Å². The van der Waals surface area contributed by atoms with Crippen molar-refractivity contribution in [2.75, 3.05) is 6.54 Å². The van der Waals surface area contributed by atoms with E-state index in [2.05, 4.69) is 9.97 Å². The number of halogens is 2. The number of nitrogens with one attached hydrogen (secondary N) is 1. The first-order valence-corrected chi connectivity index (χ1v) is 10.1. The standard InChI is InChI=1S/C21H18Cl2N4O4/c1-2-9-26(12-19-24-17-11-14(22)5-6-15(17)21(29)25-19)20(28)8-4-13-3-7-16(23)18(10-13)27(30)31/h3-8,10-11H,2,9,12H2,1H3,(H,24,25,29)/b8-4+. The van der Waals surface area contributed by atoms with Crippen LogP contribution < -0.4 is 5.56 Å². The molecule has 0 fully saturated rings. The molecule has 1 amide bonds. The number of amides is 1. The molecule has 31 heavy (non-hydrogen) atoms. The van der Waals surface area contributed by atoms with Crippen molar-refractivity contribution in [3.8, 4) is 0 Å². The molecule has 1 heterocycles. The molecule has 0 saturated carbocycles. The Labute approximate surface area is 187 Å². The summed E-state index contributed by atoms with van der Waals surface area (Å²) in [6, 6.07) is 9.07. The Bertz CT molecular complexity index is 1240. The van der Waals surface area contributed by atoms with E-state index in [9.17, 15) is 19.7 Å². The van der Waals surface area contributed by atoms with Crippen LogP contribution in [0.4, 0.5) is 5.69 Å². The Morgan fingerprint density at radius 1 is 1.26 bits per heavy atom. The summed E-state index contributed by atoms with van der Waals surface area (Å²) < 4.78 is 0. The lowest BCUT2D eigenvalue weighted by Gasteiger charge is -2.20. The lowest BCUT2D eigenvalue weighted by atomic mass is 10.2. The van der Waals surface area contributed by atoms with Crippen molar-refractivity contribution >= 4 is 51.8 Å². The summed E-state index contributed by atoms with van der Waals surface area (Å²) in [5.74, 6) is 0.00499. The first-order valence-electron chi connectivity index (χ1n) is 9.38. The minimum Gasteiger partial charge on any atom is -0.332 e. The Hall–Kier alpha value is -3.23. The molecule has 0 atom stereocenters. The zero-order valence-electron chi connectivity index (χ0n) is 16.5. The first kappa shape index (κ1) is 22.5. The predicted octanol–water partition coefficient (Wildman–Crippen LogP) is 4.59. The summed E-state index contributed by atoms with van der Waals surface area (Å²) in [6.07, 6.45) is 3.49. The molecular weight excluding hydrogens is 443 g/mol. The average Bonchev–Trinajstić information content (AvgIpc) is 2.72. The molecule has 1 aromatic heterocycles. The predicted molar refractivity (Wildman–Crippen MR) is 120 cm³/mol. The number of benzene rings is 2. The van der Waals surface area contributed by atoms with Crippen LogP contribution in [0.25, 0.3) is 17.0 Å². The minimum absolute atomic E-state index is 0.0209. The molecule has 0 saturated heterocycles. The summed E-state index contributed by atoms with van der Waals surface area (Å²) >= 11 is 11.8. The van der Waals surface area contributed by atoms with Gasteiger partial charge in [-0.2, -0.15) is 0 Å². The van der Waals surface area contributed by atoms with Crippen molar-refractivity contribution < 1.29 is 9.72 Å². The van der Waals surface area contributed by atoms with E-state index in [-0.39, 0.29) is 28.7 Å². The van der Waals surface area contributed by atoms with Gasteiger partial charge in [-0.1, -0.05) is 36.2 Å². The van der Waals surface area contributed by atoms with Gasteiger partial charge < -0.3 is 9.88 Å². The zero-order valence-corrected chi connectivity index (χ0v) is 18.0. The van der Waals surface area contributed by atoms with Crippen LogP contribution in [0.15, 0.2) is 47.3 Å². The summed E-state index contributed by atoms with van der Waals surface area (Å²) in [5.41, 5.74) is 0.356. The van der Waals surface area contributed by atoms with Crippen molar-refractivity contribution in [1.82, 2.24) is 14.9 Å². The van der Waals surface area contributed by atoms with Gasteiger partial charge in [0.1, 0.15) is 10.8 Å². The molecular formula is C21H18Cl2N4O4. The maximum Gasteiger partial charge on any atom is 0.288 e. The van der Waals surface area contributed by atoms with Crippen LogP contribution in [0, 0.1) is 10.1 Å². The third-order valence-electron chi connectivity index (χ3n) is 4.45. The molecule has 0 aliphatic rings. The van der Waals surface area contributed by atoms with Crippen molar-refractivity contribution in [3.63, 3.8) is 0 Å². The average molecular weight is 461 g/mol. The van der Waals surface area contributed by atoms with Crippen LogP contribution in [-0.4, -0.2) is 32.2 Å². The minimum atomic E-state index is -0.584. The van der Waals surface area contributed by atoms with E-state index in [0.29, 0.717) is 40.3 Å². The summed E-state index contributed by atoms with van der Waals surface area (Å²) in [6.45, 7) is 2.44. The molecule has 2 aromatic carbocycles. The summed E-state index contributed by atoms with van der Waals surface area (Å²) in [7, 11) is 0. The fraction of sp³-hybridized carbons (Fsp3) is 0.190. The lowest BCUT2D eigenvalue weighted by Crippen LogP contribution is -2.31. The maximum absolute atomic E-state index is 12.7. The van der Waals surface area contributed by atoms with Crippen LogP contribution in [0.2, 0.25) is 10.0 Å². The van der Waals surface area contributed by atoms with Gasteiger partial charge in [0, 0.05) is 23.7 Å². The second kappa shape index (κ2) is 9.72. The molecule has 0 radical (unpaired) electrons. The highest BCUT2D eigenvalue weighted by atomic mass is 35.5. The fourth-order valence-corrected chi connectivity index (χ4v) is 3.35. The number of hydrogen-bond acceptors (Lipinski definition) is 5. The van der Waals surface area contributed by atoms with Crippen molar-refractivity contribution in [3.05, 3.63) is 84.4 Å². The van der Waals surface area contributed by atoms with Gasteiger partial charge in [-0.25, -0.2) is 4.98 Å². The van der Waals surface area contributed by atoms with Crippen LogP contribution in [-0.2, 0) is 11.3 Å². The Kier molecular flexibility index (Phi) is 7.04. The Balaban J connectivity index is 1.83. The van der Waals surface area contributed by atoms with Gasteiger partial charge in [0.25, 0.3) is 11.2 Å². The van der Waals surface area contributed by atoms with Crippen molar-refractivity contribution in [1.29, 1.82) is 0 Å². The molecule has 0 spiro atoms. The van der Waals surface area contributed by atoms with E-state index in [0.717, 1.165) is 0 Å². The van der Waals surface area contributed by atoms with E-state index in [1.807, 2.05) is 6.92 Å². The van der Waals surface area contributed by atoms with Crippen molar-refractivity contribution in [2.24, 2.45) is 0 Å². The Morgan fingerprint density at radius 2 is 2.03 bits per heavy atom. The van der Waals surface area contributed by atoms with E-state index in [1.54, 1.807) is 24.3 Å². The number of carbonyl (C=O) groups is 1. The lowest BCUT2D eigenvalue weighted by molar-refractivity contribution is -0.384. The number of H-pyrrole nitrogens is 1. The number of hydrogen-bond donors (Lipinski definition) is 1. The molecule has 10 heteroatoms. The number of aromatic amines is 1. The topological polar surface area (TPSA) is 109 Å². The maximum atomic E-state index is 12.7. The number of carbonyl (C=O) groups excluding carboxylic acids is 1. The number of aromatic nitrogens is 2. The van der Waals surface area contributed by atoms with Gasteiger partial charge in [-0.15, -0.1) is 0 Å². The molecule has 0 aliphatic heterocycles. The molecule has 0 aliphatic carbocycles. The number of rotatable bonds is 7. The van der Waals surface area contributed by atoms with E-state index >= 15 is 0 Å². The highest BCUT2D eigenvalue weighted by Crippen LogP contribution is 2.25. The highest BCUT2D eigenvalue weighted by Gasteiger charge is 2.15. The second-order valence-corrected chi connectivity index (χ2v) is 7.58. The molecule has 8 nitrogen and oxygen atoms in total. The van der Waals surface area contributed by atoms with Gasteiger partial charge in [0.2, 0.25) is 5.91 Å². The third kappa shape index (κ3) is 5.48. The van der Waals surface area contributed by atoms with Crippen molar-refractivity contribution in [2.45, 2.75) is 19.9 Å². The number of nitro benzene ring substituents is 1. The normalized spacial score (nSPS) is 11.2. The number of nitro groups is 1. The van der Waals surface area contributed by atoms with E-state index in [1.165, 1.54) is 29.2 Å². The summed E-state index contributed by atoms with van der Waals surface area (Å²) in [4.78, 5) is 44.1. The highest BCUT2D eigenvalue weighted by molar-refractivity contribution is 6.32. The van der Waals surface area contributed by atoms with Crippen LogP contribution in [0.5, 0.6) is 0 Å². The SMILES string of the molecule is CCCN(Cc1nc2cc(Cl)ccc2c(=O)[nH]1)C(=O)/C=C/c1ccc(Cl)c([N+](=O)[O-])c1. The van der Waals surface area contributed by atoms with Crippen LogP contribution in [0.3, 0.4) is 0 Å². The molecule has 3 rings (SSSR count). The molecule has 160 valence electrons. The zero-order chi connectivity index (χ0) is 22.5. The third-order valence-corrected chi connectivity index (χ3v) is 5.00. The fourth-order valence-electron chi connectivity index (χ4n) is 3.00. The first-order chi connectivity index (χ1) is 14.8. The number of nitrogens with zero attached hydrogens (tertiary/aromatic N) is 3. The largest absolute Gasteiger partial charge is 0.332 e. The molecule has 1 N–H and O–H groups in total. The van der Waals surface area contributed by atoms with Gasteiger partial charge in [-0.05, 0) is 42.3 Å². The van der Waals surface area contributed by atoms with Gasteiger partial charge in [0.15, 0.2) is 0 Å². The van der Waals surface area contributed by atoms with Gasteiger partial charge >= 0.3 is 0 Å².